The van der Waals surface area contributed by atoms with Gasteiger partial charge in [0, 0.05) is 26.2 Å². The van der Waals surface area contributed by atoms with E-state index in [1.165, 1.54) is 13.1 Å². The SMILES string of the molecule is CN1CCNCC1.NN. The predicted molar refractivity (Wildman–Crippen MR) is 38.7 cm³/mol. The number of hydrazine groups is 1. The van der Waals surface area contributed by atoms with Gasteiger partial charge < -0.3 is 10.2 Å². The van der Waals surface area contributed by atoms with E-state index in [9.17, 15) is 0 Å². The molecule has 5 N–H and O–H groups in total. The minimum atomic E-state index is 1.16. The number of nitrogens with two attached hydrogens (primary N) is 2. The van der Waals surface area contributed by atoms with Crippen molar-refractivity contribution in [2.24, 2.45) is 11.7 Å². The Labute approximate surface area is 56.2 Å². The summed E-state index contributed by atoms with van der Waals surface area (Å²) in [5, 5.41) is 3.27. The number of rotatable bonds is 0. The molecule has 0 aliphatic carbocycles. The summed E-state index contributed by atoms with van der Waals surface area (Å²) in [6.07, 6.45) is 0. The molecule has 0 aromatic heterocycles. The van der Waals surface area contributed by atoms with Gasteiger partial charge >= 0.3 is 0 Å². The van der Waals surface area contributed by atoms with Gasteiger partial charge in [-0.25, -0.2) is 0 Å². The van der Waals surface area contributed by atoms with Gasteiger partial charge in [0.05, 0.1) is 0 Å². The van der Waals surface area contributed by atoms with Gasteiger partial charge in [-0.15, -0.1) is 0 Å². The van der Waals surface area contributed by atoms with Crippen LogP contribution in [-0.4, -0.2) is 38.1 Å². The maximum absolute atomic E-state index is 4.00. The summed E-state index contributed by atoms with van der Waals surface area (Å²) in [4.78, 5) is 2.33. The van der Waals surface area contributed by atoms with E-state index in [-0.39, 0.29) is 0 Å². The lowest BCUT2D eigenvalue weighted by atomic mass is 10.4. The van der Waals surface area contributed by atoms with E-state index in [0.717, 1.165) is 13.1 Å². The third-order valence-electron chi connectivity index (χ3n) is 1.34. The summed E-state index contributed by atoms with van der Waals surface area (Å²) in [7, 11) is 2.15. The fraction of sp³-hybridized carbons (Fsp3) is 1.00. The van der Waals surface area contributed by atoms with Crippen molar-refractivity contribution >= 4 is 0 Å². The van der Waals surface area contributed by atoms with Crippen LogP contribution >= 0.6 is 0 Å². The van der Waals surface area contributed by atoms with Crippen LogP contribution in [-0.2, 0) is 0 Å². The van der Waals surface area contributed by atoms with Crippen molar-refractivity contribution < 1.29 is 0 Å². The van der Waals surface area contributed by atoms with Crippen molar-refractivity contribution in [3.8, 4) is 0 Å². The Balaban J connectivity index is 0.000000291. The Hall–Kier alpha value is -0.160. The summed E-state index contributed by atoms with van der Waals surface area (Å²) in [6.45, 7) is 4.74. The van der Waals surface area contributed by atoms with Gasteiger partial charge in [0.15, 0.2) is 0 Å². The number of hydrogen-bond acceptors (Lipinski definition) is 4. The van der Waals surface area contributed by atoms with Crippen LogP contribution in [0.25, 0.3) is 0 Å². The van der Waals surface area contributed by atoms with Crippen molar-refractivity contribution in [3.05, 3.63) is 0 Å². The van der Waals surface area contributed by atoms with Crippen LogP contribution < -0.4 is 17.0 Å². The number of hydrogen-bond donors (Lipinski definition) is 3. The smallest absolute Gasteiger partial charge is 0.0104 e. The quantitative estimate of drug-likeness (QED) is 0.272. The van der Waals surface area contributed by atoms with Gasteiger partial charge in [-0.2, -0.15) is 0 Å². The van der Waals surface area contributed by atoms with E-state index >= 15 is 0 Å². The summed E-state index contributed by atoms with van der Waals surface area (Å²) < 4.78 is 0. The van der Waals surface area contributed by atoms with Crippen LogP contribution in [0.3, 0.4) is 0 Å². The highest BCUT2D eigenvalue weighted by atomic mass is 15.2. The Kier molecular flexibility index (Phi) is 5.86. The van der Waals surface area contributed by atoms with E-state index in [4.69, 9.17) is 0 Å². The van der Waals surface area contributed by atoms with Gasteiger partial charge in [-0.05, 0) is 7.05 Å². The highest BCUT2D eigenvalue weighted by molar-refractivity contribution is 4.62. The monoisotopic (exact) mass is 132 g/mol. The van der Waals surface area contributed by atoms with Gasteiger partial charge in [0.25, 0.3) is 0 Å². The average Bonchev–Trinajstić information content (AvgIpc) is 1.94. The molecule has 0 unspecified atom stereocenters. The van der Waals surface area contributed by atoms with Crippen molar-refractivity contribution in [2.45, 2.75) is 0 Å². The second-order valence-electron chi connectivity index (χ2n) is 2.05. The zero-order chi connectivity index (χ0) is 7.11. The van der Waals surface area contributed by atoms with E-state index in [1.807, 2.05) is 0 Å². The second kappa shape index (κ2) is 5.97. The lowest BCUT2D eigenvalue weighted by Gasteiger charge is -2.21. The Morgan fingerprint density at radius 2 is 1.67 bits per heavy atom. The van der Waals surface area contributed by atoms with Gasteiger partial charge in [-0.3, -0.25) is 11.7 Å². The van der Waals surface area contributed by atoms with E-state index in [2.05, 4.69) is 28.9 Å². The summed E-state index contributed by atoms with van der Waals surface area (Å²) in [6, 6.07) is 0. The minimum absolute atomic E-state index is 1.16. The van der Waals surface area contributed by atoms with Crippen molar-refractivity contribution in [1.82, 2.24) is 10.2 Å². The lowest BCUT2D eigenvalue weighted by Crippen LogP contribution is -2.40. The molecule has 56 valence electrons. The number of nitrogens with one attached hydrogen (secondary N) is 1. The Morgan fingerprint density at radius 3 is 1.89 bits per heavy atom. The van der Waals surface area contributed by atoms with Crippen LogP contribution in [0.2, 0.25) is 0 Å². The van der Waals surface area contributed by atoms with Crippen molar-refractivity contribution in [2.75, 3.05) is 33.2 Å². The Morgan fingerprint density at radius 1 is 1.22 bits per heavy atom. The zero-order valence-electron chi connectivity index (χ0n) is 5.93. The third-order valence-corrected chi connectivity index (χ3v) is 1.34. The topological polar surface area (TPSA) is 67.3 Å². The molecule has 0 amide bonds. The molecule has 0 aromatic carbocycles. The zero-order valence-corrected chi connectivity index (χ0v) is 5.93. The first-order valence-electron chi connectivity index (χ1n) is 3.12. The lowest BCUT2D eigenvalue weighted by molar-refractivity contribution is 0.291. The van der Waals surface area contributed by atoms with Gasteiger partial charge in [0.1, 0.15) is 0 Å². The first kappa shape index (κ1) is 8.84. The largest absolute Gasteiger partial charge is 0.314 e. The molecule has 0 atom stereocenters. The molecular weight excluding hydrogens is 116 g/mol. The molecule has 0 radical (unpaired) electrons. The molecule has 4 nitrogen and oxygen atoms in total. The molecule has 1 aliphatic heterocycles. The molecule has 1 fully saturated rings. The summed E-state index contributed by atoms with van der Waals surface area (Å²) in [5.41, 5.74) is 0. The van der Waals surface area contributed by atoms with Gasteiger partial charge in [-0.1, -0.05) is 0 Å². The van der Waals surface area contributed by atoms with E-state index in [0.29, 0.717) is 0 Å². The molecule has 1 rings (SSSR count). The molecule has 9 heavy (non-hydrogen) atoms. The number of likely N-dealkylation sites (N-methyl/N-ethyl adjacent to an activating group) is 1. The first-order valence-corrected chi connectivity index (χ1v) is 3.12. The fourth-order valence-corrected chi connectivity index (χ4v) is 0.777. The van der Waals surface area contributed by atoms with E-state index in [1.54, 1.807) is 0 Å². The van der Waals surface area contributed by atoms with Crippen molar-refractivity contribution in [1.29, 1.82) is 0 Å². The van der Waals surface area contributed by atoms with Crippen LogP contribution in [0.4, 0.5) is 0 Å². The molecule has 0 saturated carbocycles. The minimum Gasteiger partial charge on any atom is -0.314 e. The maximum atomic E-state index is 4.00. The predicted octanol–water partition coefficient (Wildman–Crippen LogP) is -1.66. The standard InChI is InChI=1S/C5H12N2.H4N2/c1-7-4-2-6-3-5-7;1-2/h6H,2-5H2,1H3;1-2H2. The molecule has 1 saturated heterocycles. The van der Waals surface area contributed by atoms with Crippen LogP contribution in [0.15, 0.2) is 0 Å². The van der Waals surface area contributed by atoms with Crippen LogP contribution in [0, 0.1) is 0 Å². The van der Waals surface area contributed by atoms with Crippen molar-refractivity contribution in [3.63, 3.8) is 0 Å². The maximum Gasteiger partial charge on any atom is 0.0104 e. The Bertz CT molecular complexity index is 50.9. The average molecular weight is 132 g/mol. The summed E-state index contributed by atoms with van der Waals surface area (Å²) >= 11 is 0. The molecule has 1 heterocycles. The molecule has 4 heteroatoms. The molecular formula is C5H16N4. The van der Waals surface area contributed by atoms with Crippen LogP contribution in [0.5, 0.6) is 0 Å². The first-order chi connectivity index (χ1) is 4.39. The fourth-order valence-electron chi connectivity index (χ4n) is 0.777. The molecule has 0 bridgehead atoms. The number of piperazine rings is 1. The van der Waals surface area contributed by atoms with E-state index < -0.39 is 0 Å². The highest BCUT2D eigenvalue weighted by Crippen LogP contribution is 1.82. The highest BCUT2D eigenvalue weighted by Gasteiger charge is 2.01. The molecule has 0 spiro atoms. The summed E-state index contributed by atoms with van der Waals surface area (Å²) in [5.74, 6) is 8.00. The molecule has 1 aliphatic rings. The van der Waals surface area contributed by atoms with Gasteiger partial charge in [0.2, 0.25) is 0 Å². The second-order valence-corrected chi connectivity index (χ2v) is 2.05. The normalized spacial score (nSPS) is 20.3. The number of nitrogens with zero attached hydrogens (tertiary/aromatic N) is 1. The van der Waals surface area contributed by atoms with Crippen LogP contribution in [0.1, 0.15) is 0 Å². The molecule has 0 aromatic rings. The third kappa shape index (κ3) is 4.35.